The molecule has 1 aromatic rings. The highest BCUT2D eigenvalue weighted by molar-refractivity contribution is 5.83. The third kappa shape index (κ3) is 2.62. The molecular weight excluding hydrogens is 196 g/mol. The molecule has 0 amide bonds. The number of nitrogens with zero attached hydrogens (tertiary/aromatic N) is 2. The van der Waals surface area contributed by atoms with Gasteiger partial charge in [0, 0.05) is 13.5 Å². The number of hydrogen-bond acceptors (Lipinski definition) is 5. The molecule has 0 aliphatic heterocycles. The van der Waals surface area contributed by atoms with Crippen LogP contribution in [0.1, 0.15) is 50.9 Å². The molecule has 1 aromatic heterocycles. The number of ketones is 1. The maximum atomic E-state index is 11.4. The summed E-state index contributed by atoms with van der Waals surface area (Å²) in [5, 5.41) is 3.76. The second-order valence-corrected chi connectivity index (χ2v) is 3.41. The maximum Gasteiger partial charge on any atom is 0.237 e. The predicted molar refractivity (Wildman–Crippen MR) is 53.4 cm³/mol. The summed E-state index contributed by atoms with van der Waals surface area (Å²) in [6.07, 6.45) is 0.255. The van der Waals surface area contributed by atoms with Crippen LogP contribution in [0.4, 0.5) is 0 Å². The Morgan fingerprint density at radius 1 is 1.53 bits per heavy atom. The summed E-state index contributed by atoms with van der Waals surface area (Å²) in [4.78, 5) is 15.5. The van der Waals surface area contributed by atoms with Gasteiger partial charge in [0.1, 0.15) is 11.9 Å². The van der Waals surface area contributed by atoms with E-state index in [0.717, 1.165) is 0 Å². The molecule has 2 unspecified atom stereocenters. The monoisotopic (exact) mass is 212 g/mol. The van der Waals surface area contributed by atoms with Gasteiger partial charge < -0.3 is 9.26 Å². The van der Waals surface area contributed by atoms with Gasteiger partial charge in [-0.05, 0) is 13.8 Å². The van der Waals surface area contributed by atoms with Gasteiger partial charge in [-0.15, -0.1) is 0 Å². The van der Waals surface area contributed by atoms with Crippen LogP contribution in [0.5, 0.6) is 0 Å². The number of Topliss-reactive ketones (excluding diaryl/α,β-unsaturated/α-hetero) is 1. The molecule has 0 spiro atoms. The number of rotatable bonds is 5. The van der Waals surface area contributed by atoms with E-state index in [4.69, 9.17) is 9.26 Å². The van der Waals surface area contributed by atoms with Crippen LogP contribution in [0.15, 0.2) is 4.52 Å². The minimum absolute atomic E-state index is 0.0928. The Morgan fingerprint density at radius 3 is 2.73 bits per heavy atom. The molecule has 0 aromatic carbocycles. The van der Waals surface area contributed by atoms with Gasteiger partial charge in [-0.3, -0.25) is 4.79 Å². The number of ether oxygens (including phenoxy) is 1. The Bertz CT molecular complexity index is 335. The SMILES string of the molecule is CCC(=O)C(C)c1nc(C(C)OC)no1. The van der Waals surface area contributed by atoms with Crippen molar-refractivity contribution in [2.45, 2.75) is 39.2 Å². The molecule has 0 aliphatic carbocycles. The van der Waals surface area contributed by atoms with E-state index in [9.17, 15) is 4.79 Å². The van der Waals surface area contributed by atoms with Crippen LogP contribution in [-0.4, -0.2) is 23.0 Å². The molecule has 0 N–H and O–H groups in total. The fraction of sp³-hybridized carbons (Fsp3) is 0.700. The molecule has 0 radical (unpaired) electrons. The molecule has 0 aliphatic rings. The van der Waals surface area contributed by atoms with Crippen molar-refractivity contribution in [2.75, 3.05) is 7.11 Å². The zero-order valence-corrected chi connectivity index (χ0v) is 9.48. The summed E-state index contributed by atoms with van der Waals surface area (Å²) >= 11 is 0. The molecular formula is C10H16N2O3. The van der Waals surface area contributed by atoms with Gasteiger partial charge in [0.25, 0.3) is 0 Å². The smallest absolute Gasteiger partial charge is 0.237 e. The van der Waals surface area contributed by atoms with Gasteiger partial charge in [-0.1, -0.05) is 12.1 Å². The van der Waals surface area contributed by atoms with Crippen LogP contribution in [-0.2, 0) is 9.53 Å². The molecule has 15 heavy (non-hydrogen) atoms. The summed E-state index contributed by atoms with van der Waals surface area (Å²) in [6.45, 7) is 5.40. The highest BCUT2D eigenvalue weighted by Gasteiger charge is 2.21. The lowest BCUT2D eigenvalue weighted by Gasteiger charge is -2.02. The van der Waals surface area contributed by atoms with Gasteiger partial charge in [0.05, 0.1) is 5.92 Å². The summed E-state index contributed by atoms with van der Waals surface area (Å²) in [7, 11) is 1.57. The van der Waals surface area contributed by atoms with Gasteiger partial charge in [-0.2, -0.15) is 4.98 Å². The van der Waals surface area contributed by atoms with Crippen molar-refractivity contribution < 1.29 is 14.1 Å². The predicted octanol–water partition coefficient (Wildman–Crippen LogP) is 1.86. The number of methoxy groups -OCH3 is 1. The second-order valence-electron chi connectivity index (χ2n) is 3.41. The van der Waals surface area contributed by atoms with Gasteiger partial charge >= 0.3 is 0 Å². The Hall–Kier alpha value is -1.23. The van der Waals surface area contributed by atoms with E-state index in [1.807, 2.05) is 13.8 Å². The van der Waals surface area contributed by atoms with E-state index in [1.165, 1.54) is 0 Å². The van der Waals surface area contributed by atoms with Crippen LogP contribution in [0, 0.1) is 0 Å². The molecule has 0 fully saturated rings. The zero-order chi connectivity index (χ0) is 11.4. The first kappa shape index (κ1) is 11.8. The van der Waals surface area contributed by atoms with Crippen molar-refractivity contribution in [3.05, 3.63) is 11.7 Å². The molecule has 0 bridgehead atoms. The average molecular weight is 212 g/mol. The van der Waals surface area contributed by atoms with Crippen LogP contribution in [0.3, 0.4) is 0 Å². The van der Waals surface area contributed by atoms with E-state index in [1.54, 1.807) is 14.0 Å². The maximum absolute atomic E-state index is 11.4. The fourth-order valence-corrected chi connectivity index (χ4v) is 1.14. The first-order chi connectivity index (χ1) is 7.10. The lowest BCUT2D eigenvalue weighted by atomic mass is 10.1. The Kier molecular flexibility index (Phi) is 3.96. The molecule has 84 valence electrons. The second kappa shape index (κ2) is 5.02. The lowest BCUT2D eigenvalue weighted by Crippen LogP contribution is -2.08. The summed E-state index contributed by atoms with van der Waals surface area (Å²) in [6, 6.07) is 0. The largest absolute Gasteiger partial charge is 0.374 e. The van der Waals surface area contributed by atoms with Crippen molar-refractivity contribution >= 4 is 5.78 Å². The minimum atomic E-state index is -0.333. The molecule has 1 heterocycles. The average Bonchev–Trinajstić information content (AvgIpc) is 2.75. The first-order valence-electron chi connectivity index (χ1n) is 4.99. The third-order valence-electron chi connectivity index (χ3n) is 2.38. The molecule has 0 saturated carbocycles. The Labute approximate surface area is 88.8 Å². The van der Waals surface area contributed by atoms with Crippen LogP contribution < -0.4 is 0 Å². The minimum Gasteiger partial charge on any atom is -0.374 e. The normalized spacial score (nSPS) is 14.9. The van der Waals surface area contributed by atoms with Crippen LogP contribution in [0.25, 0.3) is 0 Å². The van der Waals surface area contributed by atoms with E-state index >= 15 is 0 Å². The lowest BCUT2D eigenvalue weighted by molar-refractivity contribution is -0.120. The van der Waals surface area contributed by atoms with Crippen molar-refractivity contribution in [1.82, 2.24) is 10.1 Å². The molecule has 0 saturated heterocycles. The highest BCUT2D eigenvalue weighted by Crippen LogP contribution is 2.18. The Morgan fingerprint density at radius 2 is 2.20 bits per heavy atom. The van der Waals surface area contributed by atoms with Gasteiger partial charge in [-0.25, -0.2) is 0 Å². The van der Waals surface area contributed by atoms with Crippen LogP contribution in [0.2, 0.25) is 0 Å². The van der Waals surface area contributed by atoms with Crippen molar-refractivity contribution in [3.63, 3.8) is 0 Å². The third-order valence-corrected chi connectivity index (χ3v) is 2.38. The van der Waals surface area contributed by atoms with Crippen molar-refractivity contribution in [2.24, 2.45) is 0 Å². The zero-order valence-electron chi connectivity index (χ0n) is 9.48. The van der Waals surface area contributed by atoms with Crippen molar-refractivity contribution in [3.8, 4) is 0 Å². The quantitative estimate of drug-likeness (QED) is 0.745. The number of hydrogen-bond donors (Lipinski definition) is 0. The molecule has 5 heteroatoms. The van der Waals surface area contributed by atoms with E-state index in [2.05, 4.69) is 10.1 Å². The van der Waals surface area contributed by atoms with Gasteiger partial charge in [0.15, 0.2) is 5.82 Å². The van der Waals surface area contributed by atoms with E-state index < -0.39 is 0 Å². The van der Waals surface area contributed by atoms with E-state index in [0.29, 0.717) is 18.1 Å². The summed E-state index contributed by atoms with van der Waals surface area (Å²) in [5.41, 5.74) is 0. The van der Waals surface area contributed by atoms with Gasteiger partial charge in [0.2, 0.25) is 5.89 Å². The molecule has 1 rings (SSSR count). The fourth-order valence-electron chi connectivity index (χ4n) is 1.14. The number of carbonyl (C=O) groups is 1. The Balaban J connectivity index is 2.79. The topological polar surface area (TPSA) is 65.2 Å². The summed E-state index contributed by atoms with van der Waals surface area (Å²) < 4.78 is 10.1. The standard InChI is InChI=1S/C10H16N2O3/c1-5-8(13)6(2)10-11-9(12-15-10)7(3)14-4/h6-7H,5H2,1-4H3. The molecule has 2 atom stereocenters. The number of aromatic nitrogens is 2. The molecule has 5 nitrogen and oxygen atoms in total. The van der Waals surface area contributed by atoms with E-state index in [-0.39, 0.29) is 17.8 Å². The highest BCUT2D eigenvalue weighted by atomic mass is 16.5. The van der Waals surface area contributed by atoms with Crippen LogP contribution >= 0.6 is 0 Å². The number of carbonyl (C=O) groups excluding carboxylic acids is 1. The first-order valence-corrected chi connectivity index (χ1v) is 4.99. The van der Waals surface area contributed by atoms with Crippen molar-refractivity contribution in [1.29, 1.82) is 0 Å². The summed E-state index contributed by atoms with van der Waals surface area (Å²) in [5.74, 6) is 0.597.